The molecule has 0 saturated heterocycles. The standard InChI is InChI=1S/C23H32Cl2N2O4S/c1-17(13-27(18(2)16-28)14-19-7-5-6-8-22(19)25)23(31-4)15-26(3)32(29,30)21-11-9-20(24)10-12-21/h5-12,17-18,23,28H,13-16H2,1-4H3/t17-,18+,23+/m0/s1. The largest absolute Gasteiger partial charge is 0.395 e. The van der Waals surface area contributed by atoms with E-state index in [1.807, 2.05) is 38.1 Å². The van der Waals surface area contributed by atoms with Crippen molar-refractivity contribution in [1.82, 2.24) is 9.21 Å². The molecule has 6 nitrogen and oxygen atoms in total. The number of rotatable bonds is 12. The lowest BCUT2D eigenvalue weighted by Gasteiger charge is -2.34. The predicted molar refractivity (Wildman–Crippen MR) is 130 cm³/mol. The molecular weight excluding hydrogens is 471 g/mol. The molecule has 0 fully saturated rings. The Labute approximate surface area is 201 Å². The van der Waals surface area contributed by atoms with Crippen LogP contribution < -0.4 is 0 Å². The number of halogens is 2. The van der Waals surface area contributed by atoms with Gasteiger partial charge in [-0.2, -0.15) is 4.31 Å². The van der Waals surface area contributed by atoms with Crippen molar-refractivity contribution in [3.05, 3.63) is 64.1 Å². The zero-order valence-electron chi connectivity index (χ0n) is 18.9. The molecule has 0 bridgehead atoms. The maximum Gasteiger partial charge on any atom is 0.242 e. The predicted octanol–water partition coefficient (Wildman–Crippen LogP) is 4.15. The fraction of sp³-hybridized carbons (Fsp3) is 0.478. The van der Waals surface area contributed by atoms with Crippen molar-refractivity contribution < 1.29 is 18.3 Å². The van der Waals surface area contributed by atoms with Crippen LogP contribution in [0, 0.1) is 5.92 Å². The summed E-state index contributed by atoms with van der Waals surface area (Å²) in [5, 5.41) is 10.9. The Morgan fingerprint density at radius 1 is 1.03 bits per heavy atom. The molecule has 0 saturated carbocycles. The number of benzene rings is 2. The third-order valence-corrected chi connectivity index (χ3v) is 8.10. The van der Waals surface area contributed by atoms with Crippen LogP contribution >= 0.6 is 23.2 Å². The Hall–Kier alpha value is -1.19. The van der Waals surface area contributed by atoms with E-state index in [1.165, 1.54) is 16.4 Å². The van der Waals surface area contributed by atoms with Crippen molar-refractivity contribution in [2.45, 2.75) is 37.4 Å². The minimum Gasteiger partial charge on any atom is -0.395 e. The Morgan fingerprint density at radius 3 is 2.22 bits per heavy atom. The van der Waals surface area contributed by atoms with Crippen LogP contribution in [0.15, 0.2) is 53.4 Å². The third kappa shape index (κ3) is 7.15. The minimum atomic E-state index is -3.67. The van der Waals surface area contributed by atoms with Crippen LogP contribution in [-0.2, 0) is 21.3 Å². The van der Waals surface area contributed by atoms with Crippen LogP contribution in [0.5, 0.6) is 0 Å². The number of sulfonamides is 1. The summed E-state index contributed by atoms with van der Waals surface area (Å²) in [6.45, 7) is 5.32. The smallest absolute Gasteiger partial charge is 0.242 e. The highest BCUT2D eigenvalue weighted by Crippen LogP contribution is 2.22. The zero-order chi connectivity index (χ0) is 23.9. The van der Waals surface area contributed by atoms with Gasteiger partial charge in [-0.15, -0.1) is 0 Å². The van der Waals surface area contributed by atoms with Gasteiger partial charge in [0.25, 0.3) is 0 Å². The van der Waals surface area contributed by atoms with Crippen molar-refractivity contribution in [2.75, 3.05) is 33.9 Å². The van der Waals surface area contributed by atoms with Gasteiger partial charge < -0.3 is 9.84 Å². The summed E-state index contributed by atoms with van der Waals surface area (Å²) in [7, 11) is -0.551. The second-order valence-electron chi connectivity index (χ2n) is 8.04. The molecule has 2 aromatic rings. The lowest BCUT2D eigenvalue weighted by molar-refractivity contribution is 0.0194. The molecule has 9 heteroatoms. The number of nitrogens with zero attached hydrogens (tertiary/aromatic N) is 2. The van der Waals surface area contributed by atoms with E-state index in [2.05, 4.69) is 4.90 Å². The van der Waals surface area contributed by atoms with Crippen LogP contribution in [-0.4, -0.2) is 68.7 Å². The molecule has 0 aliphatic rings. The molecule has 2 rings (SSSR count). The number of methoxy groups -OCH3 is 1. The SMILES string of the molecule is CO[C@H](CN(C)S(=O)(=O)c1ccc(Cl)cc1)[C@@H](C)CN(Cc1ccccc1Cl)[C@H](C)CO. The average Bonchev–Trinajstić information content (AvgIpc) is 2.77. The number of likely N-dealkylation sites (N-methyl/N-ethyl adjacent to an activating group) is 1. The highest BCUT2D eigenvalue weighted by atomic mass is 35.5. The molecule has 0 aromatic heterocycles. The van der Waals surface area contributed by atoms with Crippen molar-refractivity contribution in [3.63, 3.8) is 0 Å². The monoisotopic (exact) mass is 502 g/mol. The van der Waals surface area contributed by atoms with Crippen LogP contribution in [0.2, 0.25) is 10.0 Å². The summed E-state index contributed by atoms with van der Waals surface area (Å²) in [6.07, 6.45) is -0.346. The summed E-state index contributed by atoms with van der Waals surface area (Å²) in [4.78, 5) is 2.31. The number of hydrogen-bond donors (Lipinski definition) is 1. The van der Waals surface area contributed by atoms with Gasteiger partial charge >= 0.3 is 0 Å². The zero-order valence-corrected chi connectivity index (χ0v) is 21.2. The van der Waals surface area contributed by atoms with Crippen molar-refractivity contribution in [3.8, 4) is 0 Å². The van der Waals surface area contributed by atoms with Gasteiger partial charge in [-0.1, -0.05) is 48.3 Å². The number of hydrogen-bond acceptors (Lipinski definition) is 5. The third-order valence-electron chi connectivity index (χ3n) is 5.64. The summed E-state index contributed by atoms with van der Waals surface area (Å²) >= 11 is 12.2. The van der Waals surface area contributed by atoms with Crippen LogP contribution in [0.25, 0.3) is 0 Å². The summed E-state index contributed by atoms with van der Waals surface area (Å²) < 4.78 is 32.9. The van der Waals surface area contributed by atoms with Gasteiger partial charge in [0, 0.05) is 49.9 Å². The molecule has 0 spiro atoms. The van der Waals surface area contributed by atoms with E-state index in [0.29, 0.717) is 23.1 Å². The van der Waals surface area contributed by atoms with E-state index < -0.39 is 10.0 Å². The fourth-order valence-electron chi connectivity index (χ4n) is 3.47. The van der Waals surface area contributed by atoms with Crippen LogP contribution in [0.3, 0.4) is 0 Å². The lowest BCUT2D eigenvalue weighted by atomic mass is 10.0. The molecule has 1 N–H and O–H groups in total. The molecule has 3 atom stereocenters. The summed E-state index contributed by atoms with van der Waals surface area (Å²) in [6, 6.07) is 13.6. The Morgan fingerprint density at radius 2 is 1.66 bits per heavy atom. The normalized spacial score (nSPS) is 15.2. The highest BCUT2D eigenvalue weighted by molar-refractivity contribution is 7.89. The lowest BCUT2D eigenvalue weighted by Crippen LogP contribution is -2.44. The second-order valence-corrected chi connectivity index (χ2v) is 10.9. The quantitative estimate of drug-likeness (QED) is 0.472. The first-order valence-corrected chi connectivity index (χ1v) is 12.6. The van der Waals surface area contributed by atoms with Gasteiger partial charge in [0.1, 0.15) is 0 Å². The van der Waals surface area contributed by atoms with Crippen molar-refractivity contribution in [1.29, 1.82) is 0 Å². The summed E-state index contributed by atoms with van der Waals surface area (Å²) in [5.74, 6) is -0.0145. The summed E-state index contributed by atoms with van der Waals surface area (Å²) in [5.41, 5.74) is 0.970. The van der Waals surface area contributed by atoms with E-state index in [1.54, 1.807) is 26.3 Å². The van der Waals surface area contributed by atoms with Gasteiger partial charge in [0.2, 0.25) is 10.0 Å². The number of ether oxygens (including phenoxy) is 1. The van der Waals surface area contributed by atoms with E-state index >= 15 is 0 Å². The first kappa shape index (κ1) is 27.1. The van der Waals surface area contributed by atoms with Gasteiger partial charge in [-0.05, 0) is 48.7 Å². The van der Waals surface area contributed by atoms with E-state index in [0.717, 1.165) is 5.56 Å². The van der Waals surface area contributed by atoms with Crippen LogP contribution in [0.4, 0.5) is 0 Å². The Balaban J connectivity index is 2.12. The molecule has 0 radical (unpaired) electrons. The molecule has 0 amide bonds. The molecular formula is C23H32Cl2N2O4S. The topological polar surface area (TPSA) is 70.1 Å². The molecule has 0 aliphatic carbocycles. The highest BCUT2D eigenvalue weighted by Gasteiger charge is 2.28. The van der Waals surface area contributed by atoms with Gasteiger partial charge in [0.15, 0.2) is 0 Å². The van der Waals surface area contributed by atoms with E-state index in [4.69, 9.17) is 27.9 Å². The van der Waals surface area contributed by atoms with Crippen molar-refractivity contribution >= 4 is 33.2 Å². The maximum atomic E-state index is 12.9. The minimum absolute atomic E-state index is 0.000327. The first-order chi connectivity index (χ1) is 15.1. The molecule has 178 valence electrons. The number of aliphatic hydroxyl groups excluding tert-OH is 1. The van der Waals surface area contributed by atoms with E-state index in [9.17, 15) is 13.5 Å². The Bertz CT molecular complexity index is 957. The van der Waals surface area contributed by atoms with Gasteiger partial charge in [-0.3, -0.25) is 4.90 Å². The molecule has 0 unspecified atom stereocenters. The second kappa shape index (κ2) is 12.3. The maximum absolute atomic E-state index is 12.9. The average molecular weight is 503 g/mol. The van der Waals surface area contributed by atoms with E-state index in [-0.39, 0.29) is 36.1 Å². The molecule has 0 aliphatic heterocycles. The first-order valence-electron chi connectivity index (χ1n) is 10.4. The molecule has 2 aromatic carbocycles. The van der Waals surface area contributed by atoms with Crippen LogP contribution in [0.1, 0.15) is 19.4 Å². The fourth-order valence-corrected chi connectivity index (χ4v) is 4.98. The number of aliphatic hydroxyl groups is 1. The van der Waals surface area contributed by atoms with Gasteiger partial charge in [0.05, 0.1) is 17.6 Å². The van der Waals surface area contributed by atoms with Gasteiger partial charge in [-0.25, -0.2) is 8.42 Å². The molecule has 0 heterocycles. The molecule has 32 heavy (non-hydrogen) atoms. The van der Waals surface area contributed by atoms with Crippen molar-refractivity contribution in [2.24, 2.45) is 5.92 Å². The Kier molecular flexibility index (Phi) is 10.4.